The molecule has 9 heteroatoms. The van der Waals surface area contributed by atoms with E-state index in [1.807, 2.05) is 6.92 Å². The van der Waals surface area contributed by atoms with Crippen LogP contribution in [0.4, 0.5) is 0 Å². The van der Waals surface area contributed by atoms with E-state index < -0.39 is 24.9 Å². The Morgan fingerprint density at radius 1 is 1.04 bits per heavy atom. The van der Waals surface area contributed by atoms with Gasteiger partial charge in [-0.3, -0.25) is 4.79 Å². The number of carbonyl (C=O) groups is 1. The molecule has 0 aliphatic rings. The zero-order chi connectivity index (χ0) is 18.8. The quantitative estimate of drug-likeness (QED) is 0.709. The van der Waals surface area contributed by atoms with Crippen molar-refractivity contribution in [1.82, 2.24) is 5.32 Å². The smallest absolute Gasteiger partial charge is 0.253 e. The van der Waals surface area contributed by atoms with Crippen LogP contribution in [0.3, 0.4) is 0 Å². The number of sulfone groups is 1. The number of amides is 1. The molecule has 0 heterocycles. The first-order chi connectivity index (χ1) is 11.5. The molecule has 134 valence electrons. The molecule has 0 fully saturated rings. The SMILES string of the molecule is Cc1ccc(S(=O)(=O)[C@@H](NC(=O)c2ccccc2Cl)C(Cl)(Cl)Cl)cc1. The maximum Gasteiger partial charge on any atom is 0.253 e. The highest BCUT2D eigenvalue weighted by atomic mass is 35.6. The van der Waals surface area contributed by atoms with Crippen molar-refractivity contribution >= 4 is 62.1 Å². The highest BCUT2D eigenvalue weighted by Crippen LogP contribution is 2.36. The number of hydrogen-bond acceptors (Lipinski definition) is 3. The van der Waals surface area contributed by atoms with Gasteiger partial charge in [0.25, 0.3) is 5.91 Å². The normalized spacial score (nSPS) is 13.3. The second-order valence-corrected chi connectivity index (χ2v) is 10.0. The summed E-state index contributed by atoms with van der Waals surface area (Å²) < 4.78 is 23.4. The Hall–Kier alpha value is -0.980. The number of nitrogens with one attached hydrogen (secondary N) is 1. The Morgan fingerprint density at radius 3 is 2.12 bits per heavy atom. The van der Waals surface area contributed by atoms with Crippen LogP contribution >= 0.6 is 46.4 Å². The first kappa shape index (κ1) is 20.3. The fourth-order valence-electron chi connectivity index (χ4n) is 2.04. The van der Waals surface area contributed by atoms with Gasteiger partial charge in [0.05, 0.1) is 15.5 Å². The van der Waals surface area contributed by atoms with E-state index >= 15 is 0 Å². The minimum absolute atomic E-state index is 0.0718. The van der Waals surface area contributed by atoms with Crippen LogP contribution in [0.2, 0.25) is 5.02 Å². The molecular formula is C16H13Cl4NO3S. The van der Waals surface area contributed by atoms with Crippen molar-refractivity contribution in [3.8, 4) is 0 Å². The zero-order valence-corrected chi connectivity index (χ0v) is 16.7. The summed E-state index contributed by atoms with van der Waals surface area (Å²) in [5, 5.41) is 0.614. The molecule has 0 aromatic heterocycles. The number of carbonyl (C=O) groups excluding carboxylic acids is 1. The van der Waals surface area contributed by atoms with Crippen molar-refractivity contribution in [1.29, 1.82) is 0 Å². The van der Waals surface area contributed by atoms with Crippen LogP contribution in [0.25, 0.3) is 0 Å². The molecule has 4 nitrogen and oxygen atoms in total. The third-order valence-electron chi connectivity index (χ3n) is 3.34. The fourth-order valence-corrected chi connectivity index (χ4v) is 4.88. The molecule has 1 N–H and O–H groups in total. The monoisotopic (exact) mass is 439 g/mol. The lowest BCUT2D eigenvalue weighted by Gasteiger charge is -2.25. The van der Waals surface area contributed by atoms with Crippen molar-refractivity contribution in [2.75, 3.05) is 0 Å². The van der Waals surface area contributed by atoms with Gasteiger partial charge in [-0.05, 0) is 31.2 Å². The van der Waals surface area contributed by atoms with Crippen LogP contribution in [0.5, 0.6) is 0 Å². The molecule has 0 bridgehead atoms. The molecule has 0 radical (unpaired) electrons. The Kier molecular flexibility index (Phi) is 6.28. The molecule has 0 aliphatic heterocycles. The van der Waals surface area contributed by atoms with Gasteiger partial charge in [0.1, 0.15) is 0 Å². The molecule has 0 spiro atoms. The van der Waals surface area contributed by atoms with E-state index in [0.29, 0.717) is 0 Å². The summed E-state index contributed by atoms with van der Waals surface area (Å²) in [6.07, 6.45) is 0. The summed E-state index contributed by atoms with van der Waals surface area (Å²) in [5.41, 5.74) is 0.937. The van der Waals surface area contributed by atoms with Crippen molar-refractivity contribution in [2.45, 2.75) is 21.0 Å². The van der Waals surface area contributed by atoms with Gasteiger partial charge in [0.15, 0.2) is 5.37 Å². The topological polar surface area (TPSA) is 63.2 Å². The van der Waals surface area contributed by atoms with E-state index in [4.69, 9.17) is 46.4 Å². The third-order valence-corrected chi connectivity index (χ3v) is 6.73. The Bertz CT molecular complexity index is 877. The summed E-state index contributed by atoms with van der Waals surface area (Å²) >= 11 is 23.5. The molecular weight excluding hydrogens is 428 g/mol. The summed E-state index contributed by atoms with van der Waals surface area (Å²) in [7, 11) is -4.16. The van der Waals surface area contributed by atoms with Crippen LogP contribution in [0.15, 0.2) is 53.4 Å². The van der Waals surface area contributed by atoms with Crippen LogP contribution < -0.4 is 5.32 Å². The van der Waals surface area contributed by atoms with Crippen LogP contribution in [0, 0.1) is 6.92 Å². The second kappa shape index (κ2) is 7.72. The standard InChI is InChI=1S/C16H13Cl4NO3S/c1-10-6-8-11(9-7-10)25(23,24)15(16(18,19)20)21-14(22)12-4-2-3-5-13(12)17/h2-9,15H,1H3,(H,21,22)/t15-/m1/s1. The van der Waals surface area contributed by atoms with Crippen molar-refractivity contribution in [3.63, 3.8) is 0 Å². The number of benzene rings is 2. The highest BCUT2D eigenvalue weighted by molar-refractivity contribution is 7.92. The predicted molar refractivity (Wildman–Crippen MR) is 101 cm³/mol. The Balaban J connectivity index is 2.42. The van der Waals surface area contributed by atoms with Crippen molar-refractivity contribution in [3.05, 3.63) is 64.7 Å². The van der Waals surface area contributed by atoms with E-state index in [2.05, 4.69) is 5.32 Å². The first-order valence-corrected chi connectivity index (χ1v) is 10.0. The molecule has 2 rings (SSSR count). The van der Waals surface area contributed by atoms with Gasteiger partial charge >= 0.3 is 0 Å². The van der Waals surface area contributed by atoms with E-state index in [0.717, 1.165) is 5.56 Å². The van der Waals surface area contributed by atoms with Crippen LogP contribution in [-0.2, 0) is 9.84 Å². The van der Waals surface area contributed by atoms with Crippen molar-refractivity contribution < 1.29 is 13.2 Å². The van der Waals surface area contributed by atoms with Gasteiger partial charge < -0.3 is 5.32 Å². The van der Waals surface area contributed by atoms with Gasteiger partial charge in [0.2, 0.25) is 13.6 Å². The van der Waals surface area contributed by atoms with Crippen LogP contribution in [-0.4, -0.2) is 23.5 Å². The number of aryl methyl sites for hydroxylation is 1. The van der Waals surface area contributed by atoms with E-state index in [1.165, 1.54) is 24.3 Å². The van der Waals surface area contributed by atoms with Gasteiger partial charge in [0, 0.05) is 0 Å². The molecule has 1 amide bonds. The molecule has 0 saturated carbocycles. The van der Waals surface area contributed by atoms with Crippen molar-refractivity contribution in [2.24, 2.45) is 0 Å². The number of alkyl halides is 3. The fraction of sp³-hybridized carbons (Fsp3) is 0.188. The lowest BCUT2D eigenvalue weighted by molar-refractivity contribution is 0.0948. The Morgan fingerprint density at radius 2 is 1.60 bits per heavy atom. The summed E-state index contributed by atoms with van der Waals surface area (Å²) in [6, 6.07) is 12.1. The third kappa shape index (κ3) is 4.80. The predicted octanol–water partition coefficient (Wildman–Crippen LogP) is 4.55. The van der Waals surface area contributed by atoms with Gasteiger partial charge in [-0.2, -0.15) is 0 Å². The van der Waals surface area contributed by atoms with Gasteiger partial charge in [-0.15, -0.1) is 0 Å². The Labute approximate surface area is 165 Å². The molecule has 0 aliphatic carbocycles. The number of halogens is 4. The average molecular weight is 441 g/mol. The minimum Gasteiger partial charge on any atom is -0.332 e. The summed E-state index contributed by atoms with van der Waals surface area (Å²) in [4.78, 5) is 12.3. The second-order valence-electron chi connectivity index (χ2n) is 5.23. The van der Waals surface area contributed by atoms with Crippen LogP contribution in [0.1, 0.15) is 15.9 Å². The minimum atomic E-state index is -4.16. The largest absolute Gasteiger partial charge is 0.332 e. The maximum atomic E-state index is 12.8. The van der Waals surface area contributed by atoms with Gasteiger partial charge in [-0.1, -0.05) is 76.2 Å². The molecule has 1 atom stereocenters. The van der Waals surface area contributed by atoms with E-state index in [1.54, 1.807) is 24.3 Å². The maximum absolute atomic E-state index is 12.8. The summed E-state index contributed by atoms with van der Waals surface area (Å²) in [5.74, 6) is -0.766. The zero-order valence-electron chi connectivity index (χ0n) is 12.8. The highest BCUT2D eigenvalue weighted by Gasteiger charge is 2.44. The number of hydrogen-bond donors (Lipinski definition) is 1. The van der Waals surface area contributed by atoms with E-state index in [9.17, 15) is 13.2 Å². The molecule has 2 aromatic rings. The molecule has 2 aromatic carbocycles. The first-order valence-electron chi connectivity index (χ1n) is 6.96. The van der Waals surface area contributed by atoms with E-state index in [-0.39, 0.29) is 15.5 Å². The van der Waals surface area contributed by atoms with Gasteiger partial charge in [-0.25, -0.2) is 8.42 Å². The molecule has 25 heavy (non-hydrogen) atoms. The lowest BCUT2D eigenvalue weighted by atomic mass is 10.2. The average Bonchev–Trinajstić information content (AvgIpc) is 2.52. The molecule has 0 saturated heterocycles. The lowest BCUT2D eigenvalue weighted by Crippen LogP contribution is -2.49. The molecule has 0 unspecified atom stereocenters. The number of rotatable bonds is 4. The summed E-state index contributed by atoms with van der Waals surface area (Å²) in [6.45, 7) is 1.81.